The van der Waals surface area contributed by atoms with Crippen molar-refractivity contribution in [3.63, 3.8) is 0 Å². The fourth-order valence-corrected chi connectivity index (χ4v) is 3.19. The number of carbonyl (C=O) groups is 2. The van der Waals surface area contributed by atoms with Crippen molar-refractivity contribution in [2.45, 2.75) is 31.9 Å². The summed E-state index contributed by atoms with van der Waals surface area (Å²) in [6, 6.07) is 10.0. The van der Waals surface area contributed by atoms with Gasteiger partial charge in [-0.1, -0.05) is 12.1 Å². The van der Waals surface area contributed by atoms with E-state index >= 15 is 0 Å². The fourth-order valence-electron chi connectivity index (χ4n) is 3.19. The van der Waals surface area contributed by atoms with Gasteiger partial charge in [-0.2, -0.15) is 0 Å². The van der Waals surface area contributed by atoms with E-state index in [2.05, 4.69) is 5.32 Å². The van der Waals surface area contributed by atoms with Crippen LogP contribution in [-0.4, -0.2) is 29.7 Å². The molecule has 0 aromatic heterocycles. The van der Waals surface area contributed by atoms with Crippen LogP contribution in [0.25, 0.3) is 0 Å². The SMILES string of the molecule is Cc1cc(C(=O)O)cc(C(=O)NC(c2ccc(F)cc2)C2CCCO2)c1. The molecule has 0 saturated carbocycles. The average molecular weight is 357 g/mol. The van der Waals surface area contributed by atoms with Crippen LogP contribution >= 0.6 is 0 Å². The zero-order chi connectivity index (χ0) is 18.7. The number of aryl methyl sites for hydroxylation is 1. The van der Waals surface area contributed by atoms with Crippen LogP contribution in [0.4, 0.5) is 4.39 Å². The third-order valence-corrected chi connectivity index (χ3v) is 4.44. The summed E-state index contributed by atoms with van der Waals surface area (Å²) in [5.74, 6) is -1.83. The first-order chi connectivity index (χ1) is 12.4. The number of nitrogens with one attached hydrogen (secondary N) is 1. The van der Waals surface area contributed by atoms with Gasteiger partial charge in [0.25, 0.3) is 5.91 Å². The maximum Gasteiger partial charge on any atom is 0.335 e. The number of rotatable bonds is 5. The van der Waals surface area contributed by atoms with Gasteiger partial charge in [0.2, 0.25) is 0 Å². The summed E-state index contributed by atoms with van der Waals surface area (Å²) in [4.78, 5) is 24.0. The number of aromatic carboxylic acids is 1. The molecule has 1 heterocycles. The molecule has 2 N–H and O–H groups in total. The van der Waals surface area contributed by atoms with Crippen molar-refractivity contribution in [2.24, 2.45) is 0 Å². The fraction of sp³-hybridized carbons (Fsp3) is 0.300. The number of halogens is 1. The molecule has 136 valence electrons. The van der Waals surface area contributed by atoms with Gasteiger partial charge in [0.05, 0.1) is 17.7 Å². The molecule has 0 spiro atoms. The number of carbonyl (C=O) groups excluding carboxylic acids is 1. The lowest BCUT2D eigenvalue weighted by Gasteiger charge is -2.25. The number of hydrogen-bond acceptors (Lipinski definition) is 3. The van der Waals surface area contributed by atoms with Crippen molar-refractivity contribution in [3.8, 4) is 0 Å². The quantitative estimate of drug-likeness (QED) is 0.859. The lowest BCUT2D eigenvalue weighted by Crippen LogP contribution is -2.36. The predicted molar refractivity (Wildman–Crippen MR) is 93.7 cm³/mol. The van der Waals surface area contributed by atoms with Crippen LogP contribution in [0, 0.1) is 12.7 Å². The summed E-state index contributed by atoms with van der Waals surface area (Å²) in [7, 11) is 0. The molecule has 1 amide bonds. The van der Waals surface area contributed by atoms with Crippen LogP contribution in [0.5, 0.6) is 0 Å². The van der Waals surface area contributed by atoms with Gasteiger partial charge < -0.3 is 15.2 Å². The maximum atomic E-state index is 13.2. The van der Waals surface area contributed by atoms with E-state index in [-0.39, 0.29) is 29.0 Å². The summed E-state index contributed by atoms with van der Waals surface area (Å²) in [6.07, 6.45) is 1.48. The first-order valence-corrected chi connectivity index (χ1v) is 8.47. The van der Waals surface area contributed by atoms with E-state index in [1.165, 1.54) is 24.3 Å². The van der Waals surface area contributed by atoms with E-state index in [0.717, 1.165) is 18.4 Å². The summed E-state index contributed by atoms with van der Waals surface area (Å²) in [5, 5.41) is 12.1. The lowest BCUT2D eigenvalue weighted by atomic mass is 9.98. The molecule has 1 aliphatic heterocycles. The Morgan fingerprint density at radius 2 is 1.88 bits per heavy atom. The zero-order valence-corrected chi connectivity index (χ0v) is 14.4. The predicted octanol–water partition coefficient (Wildman–Crippen LogP) is 3.48. The van der Waals surface area contributed by atoms with Crippen LogP contribution in [0.3, 0.4) is 0 Å². The second-order valence-electron chi connectivity index (χ2n) is 6.45. The standard InChI is InChI=1S/C20H20FNO4/c1-12-9-14(11-15(10-12)20(24)25)19(23)22-18(17-3-2-8-26-17)13-4-6-16(21)7-5-13/h4-7,9-11,17-18H,2-3,8H2,1H3,(H,22,23)(H,24,25). The van der Waals surface area contributed by atoms with E-state index in [0.29, 0.717) is 12.2 Å². The Kier molecular flexibility index (Phi) is 5.32. The molecule has 1 aliphatic rings. The monoisotopic (exact) mass is 357 g/mol. The molecule has 3 rings (SSSR count). The second kappa shape index (κ2) is 7.66. The average Bonchev–Trinajstić information content (AvgIpc) is 3.14. The normalized spacial score (nSPS) is 17.7. The summed E-state index contributed by atoms with van der Waals surface area (Å²) < 4.78 is 19.0. The zero-order valence-electron chi connectivity index (χ0n) is 14.4. The van der Waals surface area contributed by atoms with Crippen LogP contribution in [0.15, 0.2) is 42.5 Å². The molecule has 1 saturated heterocycles. The second-order valence-corrected chi connectivity index (χ2v) is 6.45. The van der Waals surface area contributed by atoms with Gasteiger partial charge in [0.1, 0.15) is 5.82 Å². The maximum absolute atomic E-state index is 13.2. The first kappa shape index (κ1) is 18.1. The van der Waals surface area contributed by atoms with Gasteiger partial charge in [0.15, 0.2) is 0 Å². The van der Waals surface area contributed by atoms with Gasteiger partial charge in [-0.15, -0.1) is 0 Å². The highest BCUT2D eigenvalue weighted by Crippen LogP contribution is 2.27. The molecule has 0 radical (unpaired) electrons. The van der Waals surface area contributed by atoms with Crippen LogP contribution in [0.2, 0.25) is 0 Å². The molecule has 2 unspecified atom stereocenters. The van der Waals surface area contributed by atoms with Gasteiger partial charge in [-0.25, -0.2) is 9.18 Å². The summed E-state index contributed by atoms with van der Waals surface area (Å²) >= 11 is 0. The number of amides is 1. The van der Waals surface area contributed by atoms with E-state index in [1.807, 2.05) is 0 Å². The number of carboxylic acid groups (broad SMARTS) is 1. The molecule has 26 heavy (non-hydrogen) atoms. The van der Waals surface area contributed by atoms with E-state index < -0.39 is 12.0 Å². The molecule has 0 aliphatic carbocycles. The molecule has 5 nitrogen and oxygen atoms in total. The first-order valence-electron chi connectivity index (χ1n) is 8.47. The van der Waals surface area contributed by atoms with Crippen LogP contribution in [0.1, 0.15) is 50.7 Å². The highest BCUT2D eigenvalue weighted by molar-refractivity contribution is 5.98. The van der Waals surface area contributed by atoms with Crippen molar-refractivity contribution in [2.75, 3.05) is 6.61 Å². The molecule has 0 bridgehead atoms. The number of benzene rings is 2. The highest BCUT2D eigenvalue weighted by Gasteiger charge is 2.29. The largest absolute Gasteiger partial charge is 0.478 e. The molecule has 1 fully saturated rings. The molecule has 2 atom stereocenters. The van der Waals surface area contributed by atoms with Crippen molar-refractivity contribution >= 4 is 11.9 Å². The molecule has 2 aromatic carbocycles. The van der Waals surface area contributed by atoms with E-state index in [1.54, 1.807) is 25.1 Å². The van der Waals surface area contributed by atoms with Crippen molar-refractivity contribution in [1.29, 1.82) is 0 Å². The topological polar surface area (TPSA) is 75.6 Å². The highest BCUT2D eigenvalue weighted by atomic mass is 19.1. The Bertz CT molecular complexity index is 813. The Morgan fingerprint density at radius 3 is 2.50 bits per heavy atom. The van der Waals surface area contributed by atoms with Crippen LogP contribution in [-0.2, 0) is 4.74 Å². The number of hydrogen-bond donors (Lipinski definition) is 2. The smallest absolute Gasteiger partial charge is 0.335 e. The molecule has 2 aromatic rings. The Balaban J connectivity index is 1.87. The third-order valence-electron chi connectivity index (χ3n) is 4.44. The van der Waals surface area contributed by atoms with Crippen molar-refractivity contribution in [1.82, 2.24) is 5.32 Å². The minimum Gasteiger partial charge on any atom is -0.478 e. The summed E-state index contributed by atoms with van der Waals surface area (Å²) in [6.45, 7) is 2.35. The lowest BCUT2D eigenvalue weighted by molar-refractivity contribution is 0.0672. The van der Waals surface area contributed by atoms with Gasteiger partial charge >= 0.3 is 5.97 Å². The van der Waals surface area contributed by atoms with Crippen LogP contribution < -0.4 is 5.32 Å². The molecule has 6 heteroatoms. The Hall–Kier alpha value is -2.73. The van der Waals surface area contributed by atoms with E-state index in [4.69, 9.17) is 4.74 Å². The van der Waals surface area contributed by atoms with Gasteiger partial charge in [-0.3, -0.25) is 4.79 Å². The minimum atomic E-state index is -1.09. The number of ether oxygens (including phenoxy) is 1. The summed E-state index contributed by atoms with van der Waals surface area (Å²) in [5.41, 5.74) is 1.77. The van der Waals surface area contributed by atoms with Crippen molar-refractivity contribution < 1.29 is 23.8 Å². The van der Waals surface area contributed by atoms with Gasteiger partial charge in [-0.05, 0) is 61.2 Å². The Labute approximate surface area is 150 Å². The minimum absolute atomic E-state index is 0.0607. The Morgan fingerprint density at radius 1 is 1.19 bits per heavy atom. The van der Waals surface area contributed by atoms with Crippen molar-refractivity contribution in [3.05, 3.63) is 70.5 Å². The van der Waals surface area contributed by atoms with Gasteiger partial charge in [0, 0.05) is 12.2 Å². The molecular formula is C20H20FNO4. The van der Waals surface area contributed by atoms with E-state index in [9.17, 15) is 19.1 Å². The third kappa shape index (κ3) is 4.08. The number of carboxylic acids is 1. The molecular weight excluding hydrogens is 337 g/mol.